The average Bonchev–Trinajstić information content (AvgIpc) is 2.34. The van der Waals surface area contributed by atoms with Crippen molar-refractivity contribution in [1.29, 1.82) is 0 Å². The van der Waals surface area contributed by atoms with Gasteiger partial charge >= 0.3 is 0 Å². The molecule has 1 amide bonds. The molecule has 0 aliphatic heterocycles. The van der Waals surface area contributed by atoms with Crippen LogP contribution in [0, 0.1) is 4.91 Å². The zero-order valence-corrected chi connectivity index (χ0v) is 6.51. The summed E-state index contributed by atoms with van der Waals surface area (Å²) >= 11 is 1.04. The topological polar surface area (TPSA) is 71.4 Å². The Bertz CT molecular complexity index is 283. The van der Waals surface area contributed by atoms with Crippen LogP contribution in [-0.4, -0.2) is 10.9 Å². The fourth-order valence-electron chi connectivity index (χ4n) is 0.516. The van der Waals surface area contributed by atoms with Gasteiger partial charge in [0.25, 0.3) is 0 Å². The molecule has 11 heavy (non-hydrogen) atoms. The molecule has 1 heterocycles. The van der Waals surface area contributed by atoms with E-state index in [2.05, 4.69) is 15.5 Å². The summed E-state index contributed by atoms with van der Waals surface area (Å²) < 4.78 is 0. The van der Waals surface area contributed by atoms with E-state index < -0.39 is 0 Å². The van der Waals surface area contributed by atoms with Gasteiger partial charge in [-0.05, 0) is 5.18 Å². The van der Waals surface area contributed by atoms with Gasteiger partial charge in [0.05, 0.1) is 6.20 Å². The molecule has 1 N–H and O–H groups in total. The van der Waals surface area contributed by atoms with E-state index in [4.69, 9.17) is 0 Å². The molecule has 5 nitrogen and oxygen atoms in total. The van der Waals surface area contributed by atoms with Crippen molar-refractivity contribution in [2.24, 2.45) is 5.18 Å². The summed E-state index contributed by atoms with van der Waals surface area (Å²) in [4.78, 5) is 24.1. The largest absolute Gasteiger partial charge is 0.302 e. The fraction of sp³-hybridized carbons (Fsp3) is 0.200. The lowest BCUT2D eigenvalue weighted by atomic mass is 10.7. The van der Waals surface area contributed by atoms with Crippen LogP contribution in [0.3, 0.4) is 0 Å². The third-order valence-corrected chi connectivity index (χ3v) is 1.66. The molecule has 6 heteroatoms. The van der Waals surface area contributed by atoms with Gasteiger partial charge in [0.2, 0.25) is 5.91 Å². The molecule has 0 unspecified atom stereocenters. The summed E-state index contributed by atoms with van der Waals surface area (Å²) in [5, 5.41) is 5.74. The Morgan fingerprint density at radius 1 is 1.82 bits per heavy atom. The Hall–Kier alpha value is -1.30. The van der Waals surface area contributed by atoms with Gasteiger partial charge in [-0.2, -0.15) is 0 Å². The van der Waals surface area contributed by atoms with E-state index in [1.807, 2.05) is 0 Å². The van der Waals surface area contributed by atoms with E-state index in [-0.39, 0.29) is 10.9 Å². The number of anilines is 1. The van der Waals surface area contributed by atoms with Crippen molar-refractivity contribution >= 4 is 27.4 Å². The van der Waals surface area contributed by atoms with Gasteiger partial charge in [0.1, 0.15) is 0 Å². The van der Waals surface area contributed by atoms with Crippen molar-refractivity contribution in [2.45, 2.75) is 6.92 Å². The molecule has 0 saturated carbocycles. The van der Waals surface area contributed by atoms with Gasteiger partial charge in [0.15, 0.2) is 10.1 Å². The molecule has 0 saturated heterocycles. The van der Waals surface area contributed by atoms with Gasteiger partial charge in [0, 0.05) is 6.92 Å². The van der Waals surface area contributed by atoms with E-state index in [9.17, 15) is 9.70 Å². The van der Waals surface area contributed by atoms with E-state index >= 15 is 0 Å². The van der Waals surface area contributed by atoms with Crippen LogP contribution < -0.4 is 5.32 Å². The number of nitroso groups, excluding NO2 is 1. The van der Waals surface area contributed by atoms with Crippen LogP contribution in [0.5, 0.6) is 0 Å². The number of hydrogen-bond donors (Lipinski definition) is 1. The second-order valence-electron chi connectivity index (χ2n) is 1.78. The second-order valence-corrected chi connectivity index (χ2v) is 2.79. The predicted molar refractivity (Wildman–Crippen MR) is 41.9 cm³/mol. The van der Waals surface area contributed by atoms with Crippen molar-refractivity contribution in [2.75, 3.05) is 5.32 Å². The van der Waals surface area contributed by atoms with Crippen LogP contribution in [0.25, 0.3) is 0 Å². The van der Waals surface area contributed by atoms with Crippen LogP contribution in [0.4, 0.5) is 10.1 Å². The third kappa shape index (κ3) is 2.08. The Labute approximate surface area is 66.4 Å². The Balaban J connectivity index is 2.72. The SMILES string of the molecule is CC(=O)Nc1ncc(N=O)s1. The highest BCUT2D eigenvalue weighted by Crippen LogP contribution is 2.24. The van der Waals surface area contributed by atoms with Gasteiger partial charge in [-0.1, -0.05) is 11.3 Å². The number of carbonyl (C=O) groups is 1. The van der Waals surface area contributed by atoms with E-state index in [1.54, 1.807) is 0 Å². The lowest BCUT2D eigenvalue weighted by molar-refractivity contribution is -0.114. The molecule has 1 aromatic heterocycles. The maximum atomic E-state index is 10.5. The standard InChI is InChI=1S/C5H5N3O2S/c1-3(9)7-5-6-2-4(8-10)11-5/h2H,1H3,(H,6,7,9). The molecule has 0 atom stereocenters. The van der Waals surface area contributed by atoms with Crippen LogP contribution >= 0.6 is 11.3 Å². The van der Waals surface area contributed by atoms with E-state index in [0.717, 1.165) is 11.3 Å². The Morgan fingerprint density at radius 3 is 3.00 bits per heavy atom. The van der Waals surface area contributed by atoms with E-state index in [0.29, 0.717) is 5.13 Å². The second kappa shape index (κ2) is 3.20. The number of amides is 1. The van der Waals surface area contributed by atoms with Crippen molar-refractivity contribution in [3.63, 3.8) is 0 Å². The molecule has 0 radical (unpaired) electrons. The predicted octanol–water partition coefficient (Wildman–Crippen LogP) is 1.50. The first-order chi connectivity index (χ1) is 5.22. The minimum Gasteiger partial charge on any atom is -0.302 e. The smallest absolute Gasteiger partial charge is 0.223 e. The highest BCUT2D eigenvalue weighted by Gasteiger charge is 2.01. The highest BCUT2D eigenvalue weighted by molar-refractivity contribution is 7.19. The van der Waals surface area contributed by atoms with Crippen LogP contribution in [0.1, 0.15) is 6.92 Å². The molecule has 58 valence electrons. The van der Waals surface area contributed by atoms with Crippen molar-refractivity contribution < 1.29 is 4.79 Å². The first-order valence-electron chi connectivity index (χ1n) is 2.79. The maximum Gasteiger partial charge on any atom is 0.223 e. The van der Waals surface area contributed by atoms with Crippen LogP contribution in [-0.2, 0) is 4.79 Å². The Kier molecular flexibility index (Phi) is 2.27. The lowest BCUT2D eigenvalue weighted by Crippen LogP contribution is -2.04. The van der Waals surface area contributed by atoms with Gasteiger partial charge in [-0.3, -0.25) is 4.79 Å². The third-order valence-electron chi connectivity index (χ3n) is 0.866. The van der Waals surface area contributed by atoms with Crippen molar-refractivity contribution in [3.8, 4) is 0 Å². The van der Waals surface area contributed by atoms with Gasteiger partial charge in [-0.25, -0.2) is 4.98 Å². The van der Waals surface area contributed by atoms with Crippen LogP contribution in [0.15, 0.2) is 11.4 Å². The van der Waals surface area contributed by atoms with Crippen LogP contribution in [0.2, 0.25) is 0 Å². The summed E-state index contributed by atoms with van der Waals surface area (Å²) in [6, 6.07) is 0. The zero-order chi connectivity index (χ0) is 8.27. The van der Waals surface area contributed by atoms with Gasteiger partial charge < -0.3 is 5.32 Å². The minimum atomic E-state index is -0.211. The molecule has 0 fully saturated rings. The molecular formula is C5H5N3O2S. The Morgan fingerprint density at radius 2 is 2.55 bits per heavy atom. The monoisotopic (exact) mass is 171 g/mol. The molecule has 0 bridgehead atoms. The molecule has 0 spiro atoms. The summed E-state index contributed by atoms with van der Waals surface area (Å²) in [5.41, 5.74) is 0. The molecule has 1 rings (SSSR count). The lowest BCUT2D eigenvalue weighted by Gasteiger charge is -1.90. The van der Waals surface area contributed by atoms with Crippen molar-refractivity contribution in [1.82, 2.24) is 4.98 Å². The van der Waals surface area contributed by atoms with Crippen molar-refractivity contribution in [3.05, 3.63) is 11.1 Å². The first kappa shape index (κ1) is 7.80. The minimum absolute atomic E-state index is 0.211. The average molecular weight is 171 g/mol. The number of nitrogens with zero attached hydrogens (tertiary/aromatic N) is 2. The molecule has 1 aromatic rings. The zero-order valence-electron chi connectivity index (χ0n) is 5.70. The number of aromatic nitrogens is 1. The number of rotatable bonds is 2. The molecular weight excluding hydrogens is 166 g/mol. The first-order valence-corrected chi connectivity index (χ1v) is 3.61. The number of hydrogen-bond acceptors (Lipinski definition) is 5. The van der Waals surface area contributed by atoms with E-state index in [1.165, 1.54) is 13.1 Å². The highest BCUT2D eigenvalue weighted by atomic mass is 32.1. The number of carbonyl (C=O) groups excluding carboxylic acids is 1. The molecule has 0 aliphatic carbocycles. The fourth-order valence-corrected chi connectivity index (χ4v) is 1.16. The molecule has 0 aliphatic rings. The normalized spacial score (nSPS) is 9.18. The molecule has 0 aromatic carbocycles. The summed E-state index contributed by atoms with van der Waals surface area (Å²) in [5.74, 6) is -0.211. The summed E-state index contributed by atoms with van der Waals surface area (Å²) in [7, 11) is 0. The number of nitrogens with one attached hydrogen (secondary N) is 1. The quantitative estimate of drug-likeness (QED) is 0.685. The summed E-state index contributed by atoms with van der Waals surface area (Å²) in [6.07, 6.45) is 1.31. The summed E-state index contributed by atoms with van der Waals surface area (Å²) in [6.45, 7) is 1.37. The van der Waals surface area contributed by atoms with Gasteiger partial charge in [-0.15, -0.1) is 4.91 Å². The maximum absolute atomic E-state index is 10.5. The number of thiazole rings is 1.